The van der Waals surface area contributed by atoms with Crippen molar-refractivity contribution in [2.75, 3.05) is 12.5 Å². The SMILES string of the molecule is C[S+](C)c1ccc2ccccc2c1.F[P-](F)(F)(F)(F)F. The van der Waals surface area contributed by atoms with Crippen molar-refractivity contribution in [3.63, 3.8) is 0 Å². The molecule has 0 saturated heterocycles. The summed E-state index contributed by atoms with van der Waals surface area (Å²) in [4.78, 5) is 1.44. The Morgan fingerprint density at radius 3 is 1.65 bits per heavy atom. The monoisotopic (exact) mass is 334 g/mol. The molecule has 0 unspecified atom stereocenters. The number of fused-ring (bicyclic) bond motifs is 1. The van der Waals surface area contributed by atoms with Crippen LogP contribution in [0.5, 0.6) is 0 Å². The van der Waals surface area contributed by atoms with Crippen LogP contribution in [0.25, 0.3) is 10.8 Å². The molecule has 0 aromatic heterocycles. The topological polar surface area (TPSA) is 0 Å². The van der Waals surface area contributed by atoms with Gasteiger partial charge in [0.25, 0.3) is 0 Å². The van der Waals surface area contributed by atoms with E-state index >= 15 is 0 Å². The van der Waals surface area contributed by atoms with Crippen LogP contribution >= 0.6 is 7.81 Å². The van der Waals surface area contributed by atoms with Gasteiger partial charge in [0.15, 0.2) is 4.90 Å². The summed E-state index contributed by atoms with van der Waals surface area (Å²) >= 11 is 0. The first-order valence-electron chi connectivity index (χ1n) is 5.35. The molecule has 0 aliphatic carbocycles. The van der Waals surface area contributed by atoms with E-state index in [0.29, 0.717) is 10.9 Å². The first-order chi connectivity index (χ1) is 8.72. The van der Waals surface area contributed by atoms with Crippen LogP contribution in [0.2, 0.25) is 0 Å². The molecule has 0 aliphatic heterocycles. The third kappa shape index (κ3) is 8.27. The van der Waals surface area contributed by atoms with Gasteiger partial charge in [-0.15, -0.1) is 0 Å². The van der Waals surface area contributed by atoms with Gasteiger partial charge in [-0.3, -0.25) is 0 Å². The molecule has 0 fully saturated rings. The fourth-order valence-electron chi connectivity index (χ4n) is 1.42. The molecule has 0 heterocycles. The summed E-state index contributed by atoms with van der Waals surface area (Å²) in [6.45, 7) is 0. The van der Waals surface area contributed by atoms with Gasteiger partial charge in [-0.25, -0.2) is 0 Å². The van der Waals surface area contributed by atoms with Gasteiger partial charge >= 0.3 is 33.0 Å². The first kappa shape index (κ1) is 17.1. The summed E-state index contributed by atoms with van der Waals surface area (Å²) in [5, 5.41) is 2.68. The van der Waals surface area contributed by atoms with Crippen LogP contribution in [-0.4, -0.2) is 12.5 Å². The maximum absolute atomic E-state index is 10.7. The average Bonchev–Trinajstić information content (AvgIpc) is 2.24. The van der Waals surface area contributed by atoms with E-state index in [-0.39, 0.29) is 0 Å². The van der Waals surface area contributed by atoms with Crippen LogP contribution in [0.15, 0.2) is 47.4 Å². The molecule has 114 valence electrons. The molecule has 2 aromatic carbocycles. The number of hydrogen-bond acceptors (Lipinski definition) is 0. The summed E-state index contributed by atoms with van der Waals surface area (Å²) in [5.74, 6) is 0. The van der Waals surface area contributed by atoms with Crippen LogP contribution in [-0.2, 0) is 10.9 Å². The molecular weight excluding hydrogens is 321 g/mol. The summed E-state index contributed by atoms with van der Waals surface area (Å²) in [6.07, 6.45) is 4.51. The second-order valence-corrected chi connectivity index (χ2v) is 8.30. The Kier molecular flexibility index (Phi) is 4.11. The number of halogens is 6. The fraction of sp³-hybridized carbons (Fsp3) is 0.167. The van der Waals surface area contributed by atoms with Gasteiger partial charge < -0.3 is 0 Å². The predicted molar refractivity (Wildman–Crippen MR) is 75.0 cm³/mol. The van der Waals surface area contributed by atoms with E-state index in [1.807, 2.05) is 0 Å². The maximum atomic E-state index is 9.87. The molecule has 0 radical (unpaired) electrons. The number of rotatable bonds is 1. The van der Waals surface area contributed by atoms with Gasteiger partial charge in [-0.1, -0.05) is 24.3 Å². The summed E-state index contributed by atoms with van der Waals surface area (Å²) in [7, 11) is -10.3. The van der Waals surface area contributed by atoms with Gasteiger partial charge in [-0.2, -0.15) is 0 Å². The Labute approximate surface area is 115 Å². The molecule has 0 amide bonds. The third-order valence-corrected chi connectivity index (χ3v) is 3.39. The van der Waals surface area contributed by atoms with Crippen molar-refractivity contribution >= 4 is 29.5 Å². The van der Waals surface area contributed by atoms with Crippen molar-refractivity contribution in [1.29, 1.82) is 0 Å². The Hall–Kier alpha value is -0.940. The predicted octanol–water partition coefficient (Wildman–Crippen LogP) is 6.46. The zero-order valence-corrected chi connectivity index (χ0v) is 12.4. The first-order valence-corrected chi connectivity index (χ1v) is 9.42. The van der Waals surface area contributed by atoms with E-state index in [1.54, 1.807) is 0 Å². The summed E-state index contributed by atoms with van der Waals surface area (Å²) in [6, 6.07) is 15.2. The molecule has 2 aromatic rings. The minimum atomic E-state index is -10.7. The Balaban J connectivity index is 0.000000246. The normalized spacial score (nSPS) is 15.2. The van der Waals surface area contributed by atoms with Gasteiger partial charge in [0.05, 0.1) is 0 Å². The van der Waals surface area contributed by atoms with Crippen molar-refractivity contribution in [3.05, 3.63) is 42.5 Å². The molecule has 0 spiro atoms. The van der Waals surface area contributed by atoms with Crippen LogP contribution < -0.4 is 0 Å². The fourth-order valence-corrected chi connectivity index (χ4v) is 2.12. The second-order valence-electron chi connectivity index (χ2n) is 4.28. The van der Waals surface area contributed by atoms with Crippen molar-refractivity contribution in [1.82, 2.24) is 0 Å². The average molecular weight is 334 g/mol. The Bertz CT molecular complexity index is 594. The van der Waals surface area contributed by atoms with E-state index in [0.717, 1.165) is 0 Å². The summed E-state index contributed by atoms with van der Waals surface area (Å²) < 4.78 is 59.2. The Morgan fingerprint density at radius 1 is 0.750 bits per heavy atom. The second kappa shape index (κ2) is 4.81. The molecule has 2 rings (SSSR count). The number of hydrogen-bond donors (Lipinski definition) is 0. The van der Waals surface area contributed by atoms with Crippen LogP contribution in [0, 0.1) is 0 Å². The molecule has 8 heteroatoms. The molecule has 0 nitrogen and oxygen atoms in total. The molecule has 0 N–H and O–H groups in total. The van der Waals surface area contributed by atoms with Crippen LogP contribution in [0.3, 0.4) is 0 Å². The van der Waals surface area contributed by atoms with E-state index < -0.39 is 7.81 Å². The van der Waals surface area contributed by atoms with Crippen LogP contribution in [0.4, 0.5) is 25.2 Å². The molecular formula is C12H13F6PS. The van der Waals surface area contributed by atoms with E-state index in [9.17, 15) is 25.2 Å². The third-order valence-electron chi connectivity index (χ3n) is 2.19. The molecule has 0 saturated carbocycles. The quantitative estimate of drug-likeness (QED) is 0.319. The zero-order chi connectivity index (χ0) is 15.7. The standard InChI is InChI=1S/C12H13S.F6P/c1-13(2)12-8-7-10-5-3-4-6-11(10)9-12;1-7(2,3,4,5)6/h3-9H,1-2H3;/q+1;-1. The summed E-state index contributed by atoms with van der Waals surface area (Å²) in [5.41, 5.74) is 0. The van der Waals surface area contributed by atoms with Gasteiger partial charge in [0.1, 0.15) is 12.5 Å². The van der Waals surface area contributed by atoms with E-state index in [4.69, 9.17) is 0 Å². The van der Waals surface area contributed by atoms with Crippen molar-refractivity contribution in [3.8, 4) is 0 Å². The minimum absolute atomic E-state index is 0.365. The zero-order valence-electron chi connectivity index (χ0n) is 10.7. The van der Waals surface area contributed by atoms with Gasteiger partial charge in [0.2, 0.25) is 0 Å². The van der Waals surface area contributed by atoms with Crippen molar-refractivity contribution < 1.29 is 25.2 Å². The van der Waals surface area contributed by atoms with E-state index in [2.05, 4.69) is 55.0 Å². The van der Waals surface area contributed by atoms with E-state index in [1.165, 1.54) is 15.7 Å². The van der Waals surface area contributed by atoms with Crippen LogP contribution in [0.1, 0.15) is 0 Å². The Morgan fingerprint density at radius 2 is 1.20 bits per heavy atom. The molecule has 0 bridgehead atoms. The number of benzene rings is 2. The molecule has 20 heavy (non-hydrogen) atoms. The van der Waals surface area contributed by atoms with Crippen molar-refractivity contribution in [2.45, 2.75) is 4.90 Å². The van der Waals surface area contributed by atoms with Gasteiger partial charge in [-0.05, 0) is 22.9 Å². The molecule has 0 aliphatic rings. The molecule has 0 atom stereocenters. The van der Waals surface area contributed by atoms with Gasteiger partial charge in [0, 0.05) is 17.0 Å². The van der Waals surface area contributed by atoms with Crippen molar-refractivity contribution in [2.24, 2.45) is 0 Å².